The lowest BCUT2D eigenvalue weighted by Crippen LogP contribution is -2.37. The number of aromatic nitrogens is 2. The summed E-state index contributed by atoms with van der Waals surface area (Å²) in [5.41, 5.74) is 1.03. The van der Waals surface area contributed by atoms with Gasteiger partial charge in [0.1, 0.15) is 5.69 Å². The molecule has 3 heterocycles. The molecule has 2 aromatic rings. The van der Waals surface area contributed by atoms with Gasteiger partial charge in [-0.2, -0.15) is 0 Å². The van der Waals surface area contributed by atoms with Crippen LogP contribution in [0.15, 0.2) is 30.5 Å². The number of ether oxygens (including phenoxy) is 1. The number of pyridine rings is 2. The highest BCUT2D eigenvalue weighted by Gasteiger charge is 2.20. The lowest BCUT2D eigenvalue weighted by Gasteiger charge is -2.27. The Morgan fingerprint density at radius 1 is 1.38 bits per heavy atom. The topological polar surface area (TPSA) is 55.3 Å². The predicted molar refractivity (Wildman–Crippen MR) is 80.1 cm³/mol. The molecule has 1 aliphatic heterocycles. The van der Waals surface area contributed by atoms with Crippen molar-refractivity contribution in [1.29, 1.82) is 0 Å². The smallest absolute Gasteiger partial charge is 0.272 e. The minimum Gasteiger partial charge on any atom is -0.376 e. The van der Waals surface area contributed by atoms with Crippen molar-refractivity contribution >= 4 is 16.9 Å². The number of fused-ring (bicyclic) bond motifs is 1. The molecule has 0 aliphatic carbocycles. The van der Waals surface area contributed by atoms with Gasteiger partial charge in [0.05, 0.1) is 6.10 Å². The van der Waals surface area contributed by atoms with Crippen molar-refractivity contribution in [1.82, 2.24) is 14.9 Å². The van der Waals surface area contributed by atoms with Crippen LogP contribution in [0.3, 0.4) is 0 Å². The second-order valence-corrected chi connectivity index (χ2v) is 5.42. The van der Waals surface area contributed by atoms with Crippen molar-refractivity contribution < 1.29 is 9.53 Å². The number of likely N-dealkylation sites (N-methyl/N-ethyl adjacent to an activating group) is 1. The zero-order chi connectivity index (χ0) is 14.7. The summed E-state index contributed by atoms with van der Waals surface area (Å²) in [6, 6.07) is 7.43. The highest BCUT2D eigenvalue weighted by atomic mass is 16.5. The zero-order valence-electron chi connectivity index (χ0n) is 12.2. The third-order valence-corrected chi connectivity index (χ3v) is 3.78. The lowest BCUT2D eigenvalue weighted by molar-refractivity contribution is -0.000282. The van der Waals surface area contributed by atoms with Gasteiger partial charge in [0.15, 0.2) is 5.65 Å². The standard InChI is InChI=1S/C16H19N3O2/c1-19(11-13-6-2-3-10-21-13)16(20)14-8-7-12-5-4-9-17-15(12)18-14/h4-5,7-9,13H,2-3,6,10-11H2,1H3. The Bertz CT molecular complexity index is 638. The van der Waals surface area contributed by atoms with E-state index in [4.69, 9.17) is 4.74 Å². The van der Waals surface area contributed by atoms with Crippen LogP contribution in [0.25, 0.3) is 11.0 Å². The van der Waals surface area contributed by atoms with Gasteiger partial charge >= 0.3 is 0 Å². The molecule has 1 fully saturated rings. The van der Waals surface area contributed by atoms with Crippen LogP contribution in [0.4, 0.5) is 0 Å². The third kappa shape index (κ3) is 3.19. The third-order valence-electron chi connectivity index (χ3n) is 3.78. The molecule has 5 heteroatoms. The summed E-state index contributed by atoms with van der Waals surface area (Å²) in [5.74, 6) is -0.0864. The first-order valence-electron chi connectivity index (χ1n) is 7.33. The van der Waals surface area contributed by atoms with Gasteiger partial charge < -0.3 is 9.64 Å². The Morgan fingerprint density at radius 2 is 2.29 bits per heavy atom. The van der Waals surface area contributed by atoms with Gasteiger partial charge in [-0.15, -0.1) is 0 Å². The number of hydrogen-bond acceptors (Lipinski definition) is 4. The van der Waals surface area contributed by atoms with Crippen LogP contribution in [-0.4, -0.2) is 47.1 Å². The average Bonchev–Trinajstić information content (AvgIpc) is 2.54. The Balaban J connectivity index is 1.72. The van der Waals surface area contributed by atoms with E-state index in [1.54, 1.807) is 24.2 Å². The summed E-state index contributed by atoms with van der Waals surface area (Å²) in [6.07, 6.45) is 5.14. The second-order valence-electron chi connectivity index (χ2n) is 5.42. The van der Waals surface area contributed by atoms with E-state index in [-0.39, 0.29) is 12.0 Å². The first kappa shape index (κ1) is 13.9. The van der Waals surface area contributed by atoms with Crippen LogP contribution in [0.1, 0.15) is 29.8 Å². The van der Waals surface area contributed by atoms with Crippen LogP contribution >= 0.6 is 0 Å². The molecule has 1 aliphatic rings. The highest BCUT2D eigenvalue weighted by molar-refractivity contribution is 5.94. The van der Waals surface area contributed by atoms with Gasteiger partial charge in [0.25, 0.3) is 5.91 Å². The summed E-state index contributed by atoms with van der Waals surface area (Å²) in [6.45, 7) is 1.41. The van der Waals surface area contributed by atoms with Gasteiger partial charge in [0, 0.05) is 31.8 Å². The zero-order valence-corrected chi connectivity index (χ0v) is 12.2. The fourth-order valence-corrected chi connectivity index (χ4v) is 2.61. The molecule has 0 spiro atoms. The summed E-state index contributed by atoms with van der Waals surface area (Å²) in [4.78, 5) is 22.7. The Kier molecular flexibility index (Phi) is 4.10. The summed E-state index contributed by atoms with van der Waals surface area (Å²) < 4.78 is 5.68. The number of nitrogens with zero attached hydrogens (tertiary/aromatic N) is 3. The fraction of sp³-hybridized carbons (Fsp3) is 0.438. The van der Waals surface area contributed by atoms with E-state index in [9.17, 15) is 4.79 Å². The molecule has 110 valence electrons. The van der Waals surface area contributed by atoms with Crippen LogP contribution in [0.5, 0.6) is 0 Å². The first-order chi connectivity index (χ1) is 10.2. The van der Waals surface area contributed by atoms with Crippen molar-refractivity contribution in [2.75, 3.05) is 20.2 Å². The molecular weight excluding hydrogens is 266 g/mol. The Morgan fingerprint density at radius 3 is 3.10 bits per heavy atom. The summed E-state index contributed by atoms with van der Waals surface area (Å²) >= 11 is 0. The maximum Gasteiger partial charge on any atom is 0.272 e. The van der Waals surface area contributed by atoms with Gasteiger partial charge in [-0.05, 0) is 43.5 Å². The molecule has 3 rings (SSSR count). The molecule has 1 atom stereocenters. The quantitative estimate of drug-likeness (QED) is 0.868. The fourth-order valence-electron chi connectivity index (χ4n) is 2.61. The normalized spacial score (nSPS) is 18.6. The number of carbonyl (C=O) groups is 1. The number of amides is 1. The van der Waals surface area contributed by atoms with Crippen molar-refractivity contribution in [3.8, 4) is 0 Å². The molecule has 1 unspecified atom stereocenters. The number of hydrogen-bond donors (Lipinski definition) is 0. The van der Waals surface area contributed by atoms with Crippen LogP contribution in [0.2, 0.25) is 0 Å². The Hall–Kier alpha value is -2.01. The number of carbonyl (C=O) groups excluding carboxylic acids is 1. The first-order valence-corrected chi connectivity index (χ1v) is 7.33. The maximum atomic E-state index is 12.4. The lowest BCUT2D eigenvalue weighted by atomic mass is 10.1. The van der Waals surface area contributed by atoms with Gasteiger partial charge in [-0.25, -0.2) is 9.97 Å². The van der Waals surface area contributed by atoms with E-state index in [1.165, 1.54) is 6.42 Å². The molecule has 1 amide bonds. The van der Waals surface area contributed by atoms with Crippen LogP contribution < -0.4 is 0 Å². The largest absolute Gasteiger partial charge is 0.376 e. The van der Waals surface area contributed by atoms with Crippen molar-refractivity contribution in [2.45, 2.75) is 25.4 Å². The van der Waals surface area contributed by atoms with Crippen molar-refractivity contribution in [3.05, 3.63) is 36.2 Å². The van der Waals surface area contributed by atoms with Crippen molar-refractivity contribution in [3.63, 3.8) is 0 Å². The van der Waals surface area contributed by atoms with E-state index >= 15 is 0 Å². The summed E-state index contributed by atoms with van der Waals surface area (Å²) in [5, 5.41) is 0.937. The number of rotatable bonds is 3. The van der Waals surface area contributed by atoms with Crippen LogP contribution in [0, 0.1) is 0 Å². The monoisotopic (exact) mass is 285 g/mol. The average molecular weight is 285 g/mol. The SMILES string of the molecule is CN(CC1CCCCO1)C(=O)c1ccc2cccnc2n1. The van der Waals surface area contributed by atoms with Gasteiger partial charge in [0.2, 0.25) is 0 Å². The molecule has 0 saturated carbocycles. The van der Waals surface area contributed by atoms with E-state index in [0.29, 0.717) is 17.9 Å². The molecule has 21 heavy (non-hydrogen) atoms. The van der Waals surface area contributed by atoms with Crippen LogP contribution in [-0.2, 0) is 4.74 Å². The molecule has 5 nitrogen and oxygen atoms in total. The van der Waals surface area contributed by atoms with E-state index < -0.39 is 0 Å². The van der Waals surface area contributed by atoms with E-state index in [2.05, 4.69) is 9.97 Å². The molecule has 0 N–H and O–H groups in total. The predicted octanol–water partition coefficient (Wildman–Crippen LogP) is 2.27. The van der Waals surface area contributed by atoms with Crippen molar-refractivity contribution in [2.24, 2.45) is 0 Å². The second kappa shape index (κ2) is 6.18. The Labute approximate surface area is 124 Å². The summed E-state index contributed by atoms with van der Waals surface area (Å²) in [7, 11) is 1.80. The van der Waals surface area contributed by atoms with Gasteiger partial charge in [-0.1, -0.05) is 0 Å². The molecule has 2 aromatic heterocycles. The molecule has 0 aromatic carbocycles. The van der Waals surface area contributed by atoms with Gasteiger partial charge in [-0.3, -0.25) is 4.79 Å². The molecule has 0 radical (unpaired) electrons. The highest BCUT2D eigenvalue weighted by Crippen LogP contribution is 2.15. The van der Waals surface area contributed by atoms with E-state index in [1.807, 2.05) is 18.2 Å². The molecular formula is C16H19N3O2. The minimum absolute atomic E-state index is 0.0864. The molecule has 0 bridgehead atoms. The van der Waals surface area contributed by atoms with E-state index in [0.717, 1.165) is 24.8 Å². The maximum absolute atomic E-state index is 12.4. The molecule has 1 saturated heterocycles. The minimum atomic E-state index is -0.0864.